The highest BCUT2D eigenvalue weighted by Gasteiger charge is 2.35. The Morgan fingerprint density at radius 3 is 2.61 bits per heavy atom. The quantitative estimate of drug-likeness (QED) is 0.733. The Kier molecular flexibility index (Phi) is 3.77. The van der Waals surface area contributed by atoms with E-state index in [9.17, 15) is 24.3 Å². The molecule has 3 rings (SSSR count). The third-order valence-corrected chi connectivity index (χ3v) is 3.88. The van der Waals surface area contributed by atoms with Crippen molar-refractivity contribution in [3.63, 3.8) is 0 Å². The van der Waals surface area contributed by atoms with E-state index in [0.29, 0.717) is 0 Å². The third kappa shape index (κ3) is 2.44. The average Bonchev–Trinajstić information content (AvgIpc) is 2.52. The maximum Gasteiger partial charge on any atom is 0.336 e. The van der Waals surface area contributed by atoms with Crippen LogP contribution in [0.3, 0.4) is 0 Å². The molecule has 1 unspecified atom stereocenters. The summed E-state index contributed by atoms with van der Waals surface area (Å²) in [4.78, 5) is 23.5. The number of carbonyl (C=O) groups excluding carboxylic acids is 1. The lowest BCUT2D eigenvalue weighted by molar-refractivity contribution is -0.158. The Morgan fingerprint density at radius 2 is 1.91 bits per heavy atom. The first-order valence-corrected chi connectivity index (χ1v) is 6.88. The zero-order valence-corrected chi connectivity index (χ0v) is 12.2. The molecule has 8 heteroatoms. The Bertz CT molecular complexity index is 827. The van der Waals surface area contributed by atoms with Crippen molar-refractivity contribution in [3.8, 4) is 11.1 Å². The number of hydrogen-bond acceptors (Lipinski definition) is 4. The fourth-order valence-corrected chi connectivity index (χ4v) is 2.80. The maximum atomic E-state index is 13.5. The summed E-state index contributed by atoms with van der Waals surface area (Å²) in [5, 5.41) is 19.0. The van der Waals surface area contributed by atoms with Gasteiger partial charge in [0, 0.05) is 10.6 Å². The molecule has 0 spiro atoms. The number of rotatable bonds is 2. The molecule has 0 saturated carbocycles. The van der Waals surface area contributed by atoms with Crippen LogP contribution in [0, 0.1) is 0 Å². The van der Waals surface area contributed by atoms with Crippen LogP contribution in [0.5, 0.6) is 0 Å². The summed E-state index contributed by atoms with van der Waals surface area (Å²) in [7, 11) is 0. The number of amides is 1. The smallest absolute Gasteiger partial charge is 0.336 e. The van der Waals surface area contributed by atoms with Crippen molar-refractivity contribution in [2.75, 3.05) is 0 Å². The number of nitrogens with zero attached hydrogens (tertiary/aromatic N) is 1. The first-order chi connectivity index (χ1) is 10.9. The van der Waals surface area contributed by atoms with E-state index in [1.54, 1.807) is 12.1 Å². The zero-order valence-electron chi connectivity index (χ0n) is 11.5. The average molecular weight is 337 g/mol. The van der Waals surface area contributed by atoms with E-state index in [2.05, 4.69) is 0 Å². The van der Waals surface area contributed by atoms with E-state index in [0.717, 1.165) is 0 Å². The lowest BCUT2D eigenvalue weighted by Crippen LogP contribution is -2.44. The highest BCUT2D eigenvalue weighted by atomic mass is 35.5. The van der Waals surface area contributed by atoms with Gasteiger partial charge >= 0.3 is 5.97 Å². The van der Waals surface area contributed by atoms with Crippen molar-refractivity contribution in [2.24, 2.45) is 0 Å². The van der Waals surface area contributed by atoms with Crippen molar-refractivity contribution in [1.29, 1.82) is 0 Å². The van der Waals surface area contributed by atoms with Gasteiger partial charge in [0.2, 0.25) is 0 Å². The number of halogens is 2. The molecule has 0 radical (unpaired) electrons. The third-order valence-electron chi connectivity index (χ3n) is 3.55. The largest absolute Gasteiger partial charge is 0.478 e. The van der Waals surface area contributed by atoms with E-state index >= 15 is 0 Å². The lowest BCUT2D eigenvalue weighted by Gasteiger charge is -2.29. The molecule has 0 saturated heterocycles. The van der Waals surface area contributed by atoms with Gasteiger partial charge in [-0.15, -0.1) is 4.48 Å². The molecule has 6 nitrogen and oxygen atoms in total. The Hall–Kier alpha value is -2.48. The molecule has 1 amide bonds. The van der Waals surface area contributed by atoms with Crippen LogP contribution in [-0.2, 0) is 0 Å². The van der Waals surface area contributed by atoms with Crippen molar-refractivity contribution in [2.45, 2.75) is 6.23 Å². The number of carboxylic acids is 1. The summed E-state index contributed by atoms with van der Waals surface area (Å²) in [6, 6.07) is 8.91. The summed E-state index contributed by atoms with van der Waals surface area (Å²) in [6.07, 6.45) is -1.79. The van der Waals surface area contributed by atoms with Gasteiger partial charge in [-0.3, -0.25) is 10.2 Å². The number of fused-ring (bicyclic) bond motifs is 1. The summed E-state index contributed by atoms with van der Waals surface area (Å²) in [6.45, 7) is 0. The Labute approximate surface area is 134 Å². The fourth-order valence-electron chi connectivity index (χ4n) is 2.55. The molecule has 23 heavy (non-hydrogen) atoms. The molecular weight excluding hydrogens is 327 g/mol. The van der Waals surface area contributed by atoms with Crippen LogP contribution in [0.15, 0.2) is 36.4 Å². The van der Waals surface area contributed by atoms with Gasteiger partial charge in [0.25, 0.3) is 5.91 Å². The summed E-state index contributed by atoms with van der Waals surface area (Å²) >= 11 is 5.98. The Balaban J connectivity index is 2.32. The van der Waals surface area contributed by atoms with Crippen LogP contribution >= 0.6 is 11.6 Å². The van der Waals surface area contributed by atoms with Crippen LogP contribution in [0.2, 0.25) is 5.02 Å². The van der Waals surface area contributed by atoms with E-state index in [-0.39, 0.29) is 38.1 Å². The molecular formula is C15H10ClFN2O4. The number of nitrogens with one attached hydrogen (secondary N) is 1. The second-order valence-electron chi connectivity index (χ2n) is 4.86. The van der Waals surface area contributed by atoms with Crippen LogP contribution in [0.1, 0.15) is 32.5 Å². The minimum Gasteiger partial charge on any atom is -0.478 e. The zero-order chi connectivity index (χ0) is 16.7. The number of aliphatic hydroxyl groups excluding tert-OH is 1. The van der Waals surface area contributed by atoms with Gasteiger partial charge < -0.3 is 10.2 Å². The molecule has 0 fully saturated rings. The van der Waals surface area contributed by atoms with Crippen molar-refractivity contribution in [1.82, 2.24) is 10.7 Å². The highest BCUT2D eigenvalue weighted by molar-refractivity contribution is 6.32. The van der Waals surface area contributed by atoms with Gasteiger partial charge in [0.05, 0.1) is 11.1 Å². The molecule has 1 heterocycles. The standard InChI is InChI=1S/C15H10ClFN2O4/c16-10-6-5-8(7-3-1-2-4-9(7)15(22)23)11-12(10)14(21)19(17)18-13(11)20/h1-6,14,21H,(H,18,20)(H,22,23). The molecule has 2 aromatic carbocycles. The number of aromatic carboxylic acids is 1. The first-order valence-electron chi connectivity index (χ1n) is 6.51. The van der Waals surface area contributed by atoms with Crippen LogP contribution in [0.4, 0.5) is 4.48 Å². The summed E-state index contributed by atoms with van der Waals surface area (Å²) in [5.74, 6) is -2.00. The maximum absolute atomic E-state index is 13.5. The van der Waals surface area contributed by atoms with Crippen molar-refractivity contribution >= 4 is 23.5 Å². The number of benzene rings is 2. The molecule has 1 aliphatic heterocycles. The van der Waals surface area contributed by atoms with Crippen molar-refractivity contribution in [3.05, 3.63) is 58.1 Å². The number of carboxylic acid groups (broad SMARTS) is 1. The summed E-state index contributed by atoms with van der Waals surface area (Å²) in [5.41, 5.74) is 2.15. The molecule has 0 bridgehead atoms. The molecule has 3 N–H and O–H groups in total. The van der Waals surface area contributed by atoms with Gasteiger partial charge in [0.1, 0.15) is 0 Å². The fraction of sp³-hybridized carbons (Fsp3) is 0.0667. The topological polar surface area (TPSA) is 89.9 Å². The van der Waals surface area contributed by atoms with Crippen molar-refractivity contribution < 1.29 is 24.3 Å². The number of hydrazine groups is 1. The van der Waals surface area contributed by atoms with E-state index in [1.165, 1.54) is 24.3 Å². The second-order valence-corrected chi connectivity index (χ2v) is 5.27. The molecule has 2 aromatic rings. The van der Waals surface area contributed by atoms with Gasteiger partial charge in [-0.2, -0.15) is 0 Å². The van der Waals surface area contributed by atoms with Gasteiger partial charge in [-0.05, 0) is 28.5 Å². The first kappa shape index (κ1) is 15.4. The van der Waals surface area contributed by atoms with Gasteiger partial charge in [-0.1, -0.05) is 35.9 Å². The molecule has 0 aromatic heterocycles. The highest BCUT2D eigenvalue weighted by Crippen LogP contribution is 2.38. The molecule has 1 aliphatic rings. The Morgan fingerprint density at radius 1 is 1.22 bits per heavy atom. The number of aliphatic hydroxyl groups is 1. The van der Waals surface area contributed by atoms with E-state index in [4.69, 9.17) is 11.6 Å². The second kappa shape index (κ2) is 5.62. The number of carbonyl (C=O) groups is 2. The van der Waals surface area contributed by atoms with Gasteiger partial charge in [0.15, 0.2) is 6.23 Å². The minimum atomic E-state index is -1.79. The minimum absolute atomic E-state index is 0.00144. The van der Waals surface area contributed by atoms with Crippen LogP contribution in [0.25, 0.3) is 11.1 Å². The van der Waals surface area contributed by atoms with Gasteiger partial charge in [-0.25, -0.2) is 4.79 Å². The number of hydrogen-bond donors (Lipinski definition) is 3. The molecule has 1 atom stereocenters. The normalized spacial score (nSPS) is 17.5. The van der Waals surface area contributed by atoms with Crippen LogP contribution < -0.4 is 5.43 Å². The lowest BCUT2D eigenvalue weighted by atomic mass is 9.90. The van der Waals surface area contributed by atoms with E-state index in [1.807, 2.05) is 5.43 Å². The SMILES string of the molecule is O=C(O)c1ccccc1-c1ccc(Cl)c2c1C(=O)NN(F)C2O. The molecule has 118 valence electrons. The van der Waals surface area contributed by atoms with E-state index < -0.39 is 18.1 Å². The monoisotopic (exact) mass is 336 g/mol. The van der Waals surface area contributed by atoms with Crippen LogP contribution in [-0.4, -0.2) is 27.3 Å². The predicted octanol–water partition coefficient (Wildman–Crippen LogP) is 2.54. The molecule has 0 aliphatic carbocycles. The summed E-state index contributed by atoms with van der Waals surface area (Å²) < 4.78 is 13.5. The predicted molar refractivity (Wildman–Crippen MR) is 79.2 cm³/mol.